The number of anilines is 1. The van der Waals surface area contributed by atoms with Crippen LogP contribution in [-0.4, -0.2) is 23.7 Å². The molecule has 0 spiro atoms. The number of rotatable bonds is 5. The summed E-state index contributed by atoms with van der Waals surface area (Å²) in [5, 5.41) is 13.5. The minimum absolute atomic E-state index is 0.455. The van der Waals surface area contributed by atoms with Crippen molar-refractivity contribution in [3.63, 3.8) is 0 Å². The van der Waals surface area contributed by atoms with E-state index in [1.165, 1.54) is 0 Å². The topological polar surface area (TPSA) is 54.4 Å². The maximum Gasteiger partial charge on any atom is 0.118 e. The molecule has 0 aliphatic carbocycles. The summed E-state index contributed by atoms with van der Waals surface area (Å²) in [6, 6.07) is 13.4. The first-order valence-electron chi connectivity index (χ1n) is 6.65. The largest absolute Gasteiger partial charge is 0.497 e. The fraction of sp³-hybridized carbons (Fsp3) is 0.188. The number of nitrogens with one attached hydrogen (secondary N) is 1. The van der Waals surface area contributed by atoms with E-state index in [1.54, 1.807) is 18.4 Å². The monoisotopic (exact) mass is 300 g/mol. The molecule has 1 aromatic heterocycles. The summed E-state index contributed by atoms with van der Waals surface area (Å²) in [6.07, 6.45) is -0.562. The van der Waals surface area contributed by atoms with Gasteiger partial charge in [-0.1, -0.05) is 12.1 Å². The lowest BCUT2D eigenvalue weighted by molar-refractivity contribution is 0.191. The van der Waals surface area contributed by atoms with Crippen LogP contribution in [0, 0.1) is 0 Å². The van der Waals surface area contributed by atoms with Crippen LogP contribution < -0.4 is 10.1 Å². The van der Waals surface area contributed by atoms with E-state index in [0.717, 1.165) is 27.2 Å². The molecule has 1 unspecified atom stereocenters. The molecule has 0 saturated heterocycles. The molecule has 2 aromatic carbocycles. The second-order valence-electron chi connectivity index (χ2n) is 4.70. The highest BCUT2D eigenvalue weighted by Crippen LogP contribution is 2.23. The van der Waals surface area contributed by atoms with Gasteiger partial charge in [0, 0.05) is 12.2 Å². The van der Waals surface area contributed by atoms with E-state index >= 15 is 0 Å². The molecule has 21 heavy (non-hydrogen) atoms. The van der Waals surface area contributed by atoms with Gasteiger partial charge in [0.15, 0.2) is 0 Å². The Morgan fingerprint density at radius 2 is 2.05 bits per heavy atom. The Morgan fingerprint density at radius 1 is 1.24 bits per heavy atom. The summed E-state index contributed by atoms with van der Waals surface area (Å²) in [7, 11) is 1.63. The normalized spacial score (nSPS) is 12.3. The Bertz CT molecular complexity index is 724. The lowest BCUT2D eigenvalue weighted by Gasteiger charge is -2.13. The molecule has 3 rings (SSSR count). The van der Waals surface area contributed by atoms with E-state index in [0.29, 0.717) is 6.54 Å². The zero-order valence-corrected chi connectivity index (χ0v) is 12.4. The van der Waals surface area contributed by atoms with Gasteiger partial charge >= 0.3 is 0 Å². The van der Waals surface area contributed by atoms with Crippen molar-refractivity contribution in [1.82, 2.24) is 4.98 Å². The summed E-state index contributed by atoms with van der Waals surface area (Å²) in [5.74, 6) is 0.787. The molecular weight excluding hydrogens is 284 g/mol. The van der Waals surface area contributed by atoms with Crippen LogP contribution in [0.1, 0.15) is 11.7 Å². The minimum atomic E-state index is -0.562. The number of hydrogen-bond acceptors (Lipinski definition) is 5. The van der Waals surface area contributed by atoms with Crippen LogP contribution in [0.4, 0.5) is 5.69 Å². The van der Waals surface area contributed by atoms with Gasteiger partial charge in [0.2, 0.25) is 0 Å². The zero-order valence-electron chi connectivity index (χ0n) is 11.6. The Labute approximate surface area is 127 Å². The second kappa shape index (κ2) is 6.11. The van der Waals surface area contributed by atoms with E-state index in [-0.39, 0.29) is 0 Å². The molecule has 2 N–H and O–H groups in total. The molecule has 108 valence electrons. The van der Waals surface area contributed by atoms with Gasteiger partial charge in [0.1, 0.15) is 5.75 Å². The molecule has 0 bridgehead atoms. The number of aliphatic hydroxyl groups is 1. The molecule has 1 heterocycles. The number of aliphatic hydroxyl groups excluding tert-OH is 1. The smallest absolute Gasteiger partial charge is 0.118 e. The molecule has 0 aliphatic rings. The quantitative estimate of drug-likeness (QED) is 0.758. The van der Waals surface area contributed by atoms with E-state index in [1.807, 2.05) is 48.0 Å². The first-order chi connectivity index (χ1) is 10.3. The van der Waals surface area contributed by atoms with Gasteiger partial charge in [-0.05, 0) is 35.9 Å². The minimum Gasteiger partial charge on any atom is -0.497 e. The van der Waals surface area contributed by atoms with E-state index in [2.05, 4.69) is 10.3 Å². The second-order valence-corrected chi connectivity index (χ2v) is 5.59. The standard InChI is InChI=1S/C16H16N2O2S/c1-20-13-5-2-11(3-6-13)15(19)9-17-12-4-7-14-16(8-12)21-10-18-14/h2-8,10,15,17,19H,9H2,1H3. The van der Waals surface area contributed by atoms with Gasteiger partial charge in [0.25, 0.3) is 0 Å². The van der Waals surface area contributed by atoms with Crippen molar-refractivity contribution >= 4 is 27.2 Å². The number of fused-ring (bicyclic) bond motifs is 1. The van der Waals surface area contributed by atoms with Crippen molar-refractivity contribution in [3.8, 4) is 5.75 Å². The predicted molar refractivity (Wildman–Crippen MR) is 86.1 cm³/mol. The van der Waals surface area contributed by atoms with Crippen molar-refractivity contribution in [2.75, 3.05) is 19.0 Å². The van der Waals surface area contributed by atoms with Crippen LogP contribution >= 0.6 is 11.3 Å². The summed E-state index contributed by atoms with van der Waals surface area (Å²) in [6.45, 7) is 0.455. The molecule has 0 amide bonds. The van der Waals surface area contributed by atoms with Crippen LogP contribution in [-0.2, 0) is 0 Å². The highest BCUT2D eigenvalue weighted by atomic mass is 32.1. The summed E-state index contributed by atoms with van der Waals surface area (Å²) < 4.78 is 6.25. The first-order valence-corrected chi connectivity index (χ1v) is 7.53. The molecule has 0 fully saturated rings. The van der Waals surface area contributed by atoms with Crippen molar-refractivity contribution in [2.24, 2.45) is 0 Å². The highest BCUT2D eigenvalue weighted by Gasteiger charge is 2.08. The van der Waals surface area contributed by atoms with Crippen molar-refractivity contribution in [2.45, 2.75) is 6.10 Å². The fourth-order valence-corrected chi connectivity index (χ4v) is 2.84. The van der Waals surface area contributed by atoms with Crippen LogP contribution in [0.15, 0.2) is 48.0 Å². The maximum atomic E-state index is 10.2. The summed E-state index contributed by atoms with van der Waals surface area (Å²) >= 11 is 1.61. The first kappa shape index (κ1) is 13.9. The molecule has 3 aromatic rings. The third-order valence-electron chi connectivity index (χ3n) is 3.33. The summed E-state index contributed by atoms with van der Waals surface area (Å²) in [5.41, 5.74) is 4.68. The summed E-state index contributed by atoms with van der Waals surface area (Å²) in [4.78, 5) is 4.25. The van der Waals surface area contributed by atoms with Crippen LogP contribution in [0.25, 0.3) is 10.2 Å². The van der Waals surface area contributed by atoms with E-state index < -0.39 is 6.10 Å². The van der Waals surface area contributed by atoms with Crippen molar-refractivity contribution in [1.29, 1.82) is 0 Å². The zero-order chi connectivity index (χ0) is 14.7. The number of aromatic nitrogens is 1. The lowest BCUT2D eigenvalue weighted by atomic mass is 10.1. The number of hydrogen-bond donors (Lipinski definition) is 2. The molecule has 0 radical (unpaired) electrons. The number of ether oxygens (including phenoxy) is 1. The van der Waals surface area contributed by atoms with Gasteiger partial charge in [-0.2, -0.15) is 0 Å². The predicted octanol–water partition coefficient (Wildman–Crippen LogP) is 3.45. The average Bonchev–Trinajstić information content (AvgIpc) is 3.00. The maximum absolute atomic E-state index is 10.2. The number of benzene rings is 2. The van der Waals surface area contributed by atoms with Crippen molar-refractivity contribution in [3.05, 3.63) is 53.5 Å². The molecule has 1 atom stereocenters. The Kier molecular flexibility index (Phi) is 4.03. The van der Waals surface area contributed by atoms with Gasteiger partial charge < -0.3 is 15.2 Å². The lowest BCUT2D eigenvalue weighted by Crippen LogP contribution is -2.11. The molecule has 5 heteroatoms. The van der Waals surface area contributed by atoms with Crippen LogP contribution in [0.2, 0.25) is 0 Å². The number of thiazole rings is 1. The van der Waals surface area contributed by atoms with Gasteiger partial charge in [-0.3, -0.25) is 0 Å². The highest BCUT2D eigenvalue weighted by molar-refractivity contribution is 7.16. The third-order valence-corrected chi connectivity index (χ3v) is 4.12. The van der Waals surface area contributed by atoms with Crippen molar-refractivity contribution < 1.29 is 9.84 Å². The van der Waals surface area contributed by atoms with Crippen LogP contribution in [0.3, 0.4) is 0 Å². The molecule has 0 aliphatic heterocycles. The molecular formula is C16H16N2O2S. The Morgan fingerprint density at radius 3 is 2.81 bits per heavy atom. The van der Waals surface area contributed by atoms with Crippen LogP contribution in [0.5, 0.6) is 5.75 Å². The van der Waals surface area contributed by atoms with Gasteiger partial charge in [0.05, 0.1) is 28.9 Å². The van der Waals surface area contributed by atoms with E-state index in [9.17, 15) is 5.11 Å². The number of nitrogens with zero attached hydrogens (tertiary/aromatic N) is 1. The SMILES string of the molecule is COc1ccc(C(O)CNc2ccc3ncsc3c2)cc1. The van der Waals surface area contributed by atoms with E-state index in [4.69, 9.17) is 4.74 Å². The molecule has 4 nitrogen and oxygen atoms in total. The Hall–Kier alpha value is -2.11. The average molecular weight is 300 g/mol. The number of methoxy groups -OCH3 is 1. The Balaban J connectivity index is 1.65. The fourth-order valence-electron chi connectivity index (χ4n) is 2.12. The van der Waals surface area contributed by atoms with Gasteiger partial charge in [-0.25, -0.2) is 4.98 Å². The third kappa shape index (κ3) is 3.15. The molecule has 0 saturated carbocycles. The van der Waals surface area contributed by atoms with Gasteiger partial charge in [-0.15, -0.1) is 11.3 Å².